The summed E-state index contributed by atoms with van der Waals surface area (Å²) in [5.74, 6) is 2.40. The highest BCUT2D eigenvalue weighted by Gasteiger charge is 2.06. The highest BCUT2D eigenvalue weighted by molar-refractivity contribution is 7.99. The number of hydrogen-bond acceptors (Lipinski definition) is 6. The van der Waals surface area contributed by atoms with Gasteiger partial charge in [-0.25, -0.2) is 9.97 Å². The first-order valence-electron chi connectivity index (χ1n) is 6.57. The third kappa shape index (κ3) is 6.11. The van der Waals surface area contributed by atoms with Crippen LogP contribution in [0, 0.1) is 0 Å². The van der Waals surface area contributed by atoms with Gasteiger partial charge in [-0.1, -0.05) is 13.8 Å². The lowest BCUT2D eigenvalue weighted by molar-refractivity contribution is 0.178. The molecule has 5 nitrogen and oxygen atoms in total. The Kier molecular flexibility index (Phi) is 7.59. The number of nitrogens with zero attached hydrogens (tertiary/aromatic N) is 2. The molecule has 0 aliphatic rings. The van der Waals surface area contributed by atoms with E-state index < -0.39 is 0 Å². The average Bonchev–Trinajstić information content (AvgIpc) is 2.42. The molecular formula is C13H24N4OS. The van der Waals surface area contributed by atoms with Crippen LogP contribution in [0.4, 0.5) is 11.6 Å². The lowest BCUT2D eigenvalue weighted by atomic mass is 10.4. The molecule has 1 aromatic heterocycles. The first kappa shape index (κ1) is 16.0. The average molecular weight is 284 g/mol. The van der Waals surface area contributed by atoms with Crippen LogP contribution in [-0.4, -0.2) is 41.7 Å². The maximum atomic E-state index is 5.10. The molecule has 0 saturated heterocycles. The minimum absolute atomic E-state index is 0.425. The number of rotatable bonds is 9. The van der Waals surface area contributed by atoms with Crippen molar-refractivity contribution < 1.29 is 4.74 Å². The molecule has 19 heavy (non-hydrogen) atoms. The van der Waals surface area contributed by atoms with Crippen molar-refractivity contribution in [1.29, 1.82) is 0 Å². The van der Waals surface area contributed by atoms with Crippen molar-refractivity contribution in [2.24, 2.45) is 0 Å². The molecule has 0 saturated carbocycles. The van der Waals surface area contributed by atoms with Crippen LogP contribution in [0.1, 0.15) is 26.1 Å². The molecular weight excluding hydrogens is 260 g/mol. The monoisotopic (exact) mass is 284 g/mol. The van der Waals surface area contributed by atoms with Crippen molar-refractivity contribution >= 4 is 23.4 Å². The summed E-state index contributed by atoms with van der Waals surface area (Å²) in [5.41, 5.74) is 0. The summed E-state index contributed by atoms with van der Waals surface area (Å²) >= 11 is 1.83. The first-order chi connectivity index (χ1) is 9.19. The SMILES string of the molecule is CCCNc1cc(NCC(C)SC)nc(COC)n1. The van der Waals surface area contributed by atoms with E-state index in [4.69, 9.17) is 4.74 Å². The molecule has 0 spiro atoms. The van der Waals surface area contributed by atoms with Gasteiger partial charge in [0.05, 0.1) is 0 Å². The second kappa shape index (κ2) is 8.98. The Bertz CT molecular complexity index is 376. The first-order valence-corrected chi connectivity index (χ1v) is 7.85. The van der Waals surface area contributed by atoms with E-state index in [1.54, 1.807) is 7.11 Å². The third-order valence-electron chi connectivity index (χ3n) is 2.58. The van der Waals surface area contributed by atoms with Crippen LogP contribution in [0.15, 0.2) is 6.07 Å². The molecule has 0 bridgehead atoms. The number of nitrogens with one attached hydrogen (secondary N) is 2. The summed E-state index contributed by atoms with van der Waals surface area (Å²) in [7, 11) is 1.65. The van der Waals surface area contributed by atoms with Crippen LogP contribution < -0.4 is 10.6 Å². The van der Waals surface area contributed by atoms with Crippen molar-refractivity contribution in [3.63, 3.8) is 0 Å². The molecule has 0 aliphatic heterocycles. The van der Waals surface area contributed by atoms with Gasteiger partial charge >= 0.3 is 0 Å². The zero-order valence-corrected chi connectivity index (χ0v) is 13.0. The molecule has 0 amide bonds. The predicted molar refractivity (Wildman–Crippen MR) is 83.0 cm³/mol. The normalized spacial score (nSPS) is 12.2. The van der Waals surface area contributed by atoms with Gasteiger partial charge in [0.1, 0.15) is 18.2 Å². The summed E-state index contributed by atoms with van der Waals surface area (Å²) in [6.45, 7) is 6.53. The van der Waals surface area contributed by atoms with Gasteiger partial charge < -0.3 is 15.4 Å². The molecule has 1 unspecified atom stereocenters. The Morgan fingerprint density at radius 1 is 1.32 bits per heavy atom. The maximum Gasteiger partial charge on any atom is 0.158 e. The molecule has 0 aromatic carbocycles. The quantitative estimate of drug-likeness (QED) is 0.727. The summed E-state index contributed by atoms with van der Waals surface area (Å²) in [5, 5.41) is 7.18. The van der Waals surface area contributed by atoms with Crippen LogP contribution >= 0.6 is 11.8 Å². The lowest BCUT2D eigenvalue weighted by Crippen LogP contribution is -2.15. The van der Waals surface area contributed by atoms with Gasteiger partial charge in [0.25, 0.3) is 0 Å². The molecule has 0 radical (unpaired) electrons. The van der Waals surface area contributed by atoms with E-state index >= 15 is 0 Å². The van der Waals surface area contributed by atoms with Gasteiger partial charge in [0.2, 0.25) is 0 Å². The third-order valence-corrected chi connectivity index (χ3v) is 3.55. The second-order valence-corrected chi connectivity index (χ2v) is 5.62. The van der Waals surface area contributed by atoms with Gasteiger partial charge in [0.15, 0.2) is 5.82 Å². The van der Waals surface area contributed by atoms with Crippen molar-refractivity contribution in [1.82, 2.24) is 9.97 Å². The number of ether oxygens (including phenoxy) is 1. The lowest BCUT2D eigenvalue weighted by Gasteiger charge is -2.13. The predicted octanol–water partition coefficient (Wildman–Crippen LogP) is 2.61. The van der Waals surface area contributed by atoms with E-state index in [1.807, 2.05) is 17.8 Å². The van der Waals surface area contributed by atoms with E-state index in [0.29, 0.717) is 17.7 Å². The fraction of sp³-hybridized carbons (Fsp3) is 0.692. The largest absolute Gasteiger partial charge is 0.377 e. The fourth-order valence-corrected chi connectivity index (χ4v) is 1.71. The Morgan fingerprint density at radius 3 is 2.58 bits per heavy atom. The standard InChI is InChI=1S/C13H24N4OS/c1-5-6-14-11-7-12(15-8-10(2)19-4)17-13(16-11)9-18-3/h7,10H,5-6,8-9H2,1-4H3,(H2,14,15,16,17). The maximum absolute atomic E-state index is 5.10. The van der Waals surface area contributed by atoms with Crippen molar-refractivity contribution in [2.45, 2.75) is 32.1 Å². The zero-order valence-electron chi connectivity index (χ0n) is 12.2. The van der Waals surface area contributed by atoms with Crippen LogP contribution in [0.2, 0.25) is 0 Å². The smallest absolute Gasteiger partial charge is 0.158 e. The topological polar surface area (TPSA) is 59.1 Å². The molecule has 1 rings (SSSR count). The molecule has 1 atom stereocenters. The summed E-state index contributed by atoms with van der Waals surface area (Å²) < 4.78 is 5.10. The summed E-state index contributed by atoms with van der Waals surface area (Å²) in [6, 6.07) is 1.95. The number of hydrogen-bond donors (Lipinski definition) is 2. The molecule has 2 N–H and O–H groups in total. The van der Waals surface area contributed by atoms with E-state index in [1.165, 1.54) is 0 Å². The number of methoxy groups -OCH3 is 1. The number of anilines is 2. The number of thioether (sulfide) groups is 1. The molecule has 6 heteroatoms. The molecule has 1 aromatic rings. The summed E-state index contributed by atoms with van der Waals surface area (Å²) in [4.78, 5) is 8.86. The highest BCUT2D eigenvalue weighted by Crippen LogP contribution is 2.13. The van der Waals surface area contributed by atoms with Crippen LogP contribution in [0.3, 0.4) is 0 Å². The number of aromatic nitrogens is 2. The second-order valence-electron chi connectivity index (χ2n) is 4.34. The Morgan fingerprint density at radius 2 is 2.00 bits per heavy atom. The van der Waals surface area contributed by atoms with E-state index in [-0.39, 0.29) is 0 Å². The van der Waals surface area contributed by atoms with E-state index in [2.05, 4.69) is 40.7 Å². The van der Waals surface area contributed by atoms with Gasteiger partial charge in [0, 0.05) is 31.5 Å². The van der Waals surface area contributed by atoms with Crippen molar-refractivity contribution in [3.05, 3.63) is 11.9 Å². The Labute approximate surface area is 119 Å². The van der Waals surface area contributed by atoms with Crippen molar-refractivity contribution in [3.8, 4) is 0 Å². The van der Waals surface area contributed by atoms with Gasteiger partial charge in [-0.3, -0.25) is 0 Å². The van der Waals surface area contributed by atoms with E-state index in [9.17, 15) is 0 Å². The van der Waals surface area contributed by atoms with Crippen LogP contribution in [0.25, 0.3) is 0 Å². The molecule has 1 heterocycles. The van der Waals surface area contributed by atoms with Gasteiger partial charge in [-0.05, 0) is 12.7 Å². The summed E-state index contributed by atoms with van der Waals surface area (Å²) in [6.07, 6.45) is 3.17. The minimum Gasteiger partial charge on any atom is -0.377 e. The Hall–Kier alpha value is -1.01. The minimum atomic E-state index is 0.425. The molecule has 108 valence electrons. The molecule has 0 fully saturated rings. The Balaban J connectivity index is 2.73. The molecule has 0 aliphatic carbocycles. The van der Waals surface area contributed by atoms with Crippen LogP contribution in [-0.2, 0) is 11.3 Å². The van der Waals surface area contributed by atoms with Gasteiger partial charge in [-0.15, -0.1) is 0 Å². The van der Waals surface area contributed by atoms with Crippen molar-refractivity contribution in [2.75, 3.05) is 37.1 Å². The zero-order chi connectivity index (χ0) is 14.1. The fourth-order valence-electron chi connectivity index (χ4n) is 1.46. The highest BCUT2D eigenvalue weighted by atomic mass is 32.2. The van der Waals surface area contributed by atoms with E-state index in [0.717, 1.165) is 31.1 Å². The van der Waals surface area contributed by atoms with Crippen LogP contribution in [0.5, 0.6) is 0 Å². The van der Waals surface area contributed by atoms with Gasteiger partial charge in [-0.2, -0.15) is 11.8 Å².